The Labute approximate surface area is 264 Å². The Bertz CT molecular complexity index is 2040. The van der Waals surface area contributed by atoms with E-state index in [1.807, 2.05) is 67.6 Å². The molecule has 0 bridgehead atoms. The Kier molecular flexibility index (Phi) is 8.12. The highest BCUT2D eigenvalue weighted by Gasteiger charge is 2.21. The van der Waals surface area contributed by atoms with Gasteiger partial charge in [0.05, 0.1) is 23.1 Å². The van der Waals surface area contributed by atoms with Gasteiger partial charge >= 0.3 is 6.09 Å². The number of anilines is 2. The summed E-state index contributed by atoms with van der Waals surface area (Å²) in [5.41, 5.74) is 4.00. The average molecular weight is 624 g/mol. The van der Waals surface area contributed by atoms with Gasteiger partial charge < -0.3 is 14.8 Å². The molecule has 0 radical (unpaired) electrons. The van der Waals surface area contributed by atoms with Gasteiger partial charge in [-0.2, -0.15) is 9.78 Å². The minimum Gasteiger partial charge on any atom is -0.492 e. The van der Waals surface area contributed by atoms with Crippen molar-refractivity contribution in [2.24, 2.45) is 0 Å². The lowest BCUT2D eigenvalue weighted by atomic mass is 10.0. The molecule has 4 aromatic carbocycles. The molecular formula is C35H31ClFN5O3. The number of aryl methyl sites for hydroxylation is 1. The first-order valence-electron chi connectivity index (χ1n) is 14.4. The molecule has 2 aromatic heterocycles. The molecule has 2 heterocycles. The first-order chi connectivity index (χ1) is 21.6. The van der Waals surface area contributed by atoms with Gasteiger partial charge in [-0.25, -0.2) is 19.2 Å². The minimum atomic E-state index is -0.655. The molecule has 0 unspecified atom stereocenters. The number of hydrogen-bond donors (Lipinski definition) is 1. The van der Waals surface area contributed by atoms with Crippen molar-refractivity contribution in [2.75, 3.05) is 17.8 Å². The SMILES string of the molecule is Cc1cc2nc(-c3ccc(-c4ccccc4)c(F)c3)nc(Nc3ccc4c(cnn4C(=O)OC(C)(C)C)c3)c2cc1OCCCl. The minimum absolute atomic E-state index is 0.347. The van der Waals surface area contributed by atoms with Crippen molar-refractivity contribution >= 4 is 51.0 Å². The maximum Gasteiger partial charge on any atom is 0.435 e. The van der Waals surface area contributed by atoms with Gasteiger partial charge in [-0.3, -0.25) is 0 Å². The predicted octanol–water partition coefficient (Wildman–Crippen LogP) is 8.91. The van der Waals surface area contributed by atoms with Crippen LogP contribution >= 0.6 is 11.6 Å². The number of alkyl halides is 1. The summed E-state index contributed by atoms with van der Waals surface area (Å²) in [6.45, 7) is 7.69. The molecule has 10 heteroatoms. The molecule has 228 valence electrons. The summed E-state index contributed by atoms with van der Waals surface area (Å²) in [5.74, 6) is 1.49. The van der Waals surface area contributed by atoms with Crippen molar-refractivity contribution in [3.05, 3.63) is 96.4 Å². The maximum atomic E-state index is 15.4. The number of nitrogens with one attached hydrogen (secondary N) is 1. The number of rotatable bonds is 7. The van der Waals surface area contributed by atoms with Crippen LogP contribution in [0.4, 0.5) is 20.7 Å². The van der Waals surface area contributed by atoms with Gasteiger partial charge in [0.25, 0.3) is 0 Å². The van der Waals surface area contributed by atoms with Crippen LogP contribution in [0.15, 0.2) is 85.1 Å². The third-order valence-electron chi connectivity index (χ3n) is 7.04. The van der Waals surface area contributed by atoms with Gasteiger partial charge in [-0.05, 0) is 75.2 Å². The molecule has 6 aromatic rings. The third kappa shape index (κ3) is 6.44. The highest BCUT2D eigenvalue weighted by atomic mass is 35.5. The lowest BCUT2D eigenvalue weighted by molar-refractivity contribution is 0.0522. The number of carbonyl (C=O) groups excluding carboxylic acids is 1. The zero-order chi connectivity index (χ0) is 31.7. The van der Waals surface area contributed by atoms with Crippen molar-refractivity contribution in [3.63, 3.8) is 0 Å². The van der Waals surface area contributed by atoms with E-state index in [0.717, 1.165) is 16.5 Å². The van der Waals surface area contributed by atoms with Crippen molar-refractivity contribution in [3.8, 4) is 28.3 Å². The quantitative estimate of drug-likeness (QED) is 0.178. The lowest BCUT2D eigenvalue weighted by Gasteiger charge is -2.19. The van der Waals surface area contributed by atoms with E-state index < -0.39 is 11.7 Å². The monoisotopic (exact) mass is 623 g/mol. The van der Waals surface area contributed by atoms with E-state index >= 15 is 4.39 Å². The number of carbonyl (C=O) groups is 1. The smallest absolute Gasteiger partial charge is 0.435 e. The molecule has 0 aliphatic carbocycles. The summed E-state index contributed by atoms with van der Waals surface area (Å²) in [6, 6.07) is 23.7. The van der Waals surface area contributed by atoms with Crippen LogP contribution in [-0.4, -0.2) is 43.9 Å². The van der Waals surface area contributed by atoms with E-state index in [4.69, 9.17) is 31.0 Å². The number of halogens is 2. The van der Waals surface area contributed by atoms with E-state index in [-0.39, 0.29) is 5.82 Å². The van der Waals surface area contributed by atoms with Crippen LogP contribution < -0.4 is 10.1 Å². The Morgan fingerprint density at radius 1 is 0.978 bits per heavy atom. The van der Waals surface area contributed by atoms with Crippen molar-refractivity contribution in [2.45, 2.75) is 33.3 Å². The topological polar surface area (TPSA) is 91.2 Å². The molecule has 45 heavy (non-hydrogen) atoms. The van der Waals surface area contributed by atoms with Gasteiger partial charge in [0.2, 0.25) is 0 Å². The van der Waals surface area contributed by atoms with Crippen molar-refractivity contribution < 1.29 is 18.7 Å². The van der Waals surface area contributed by atoms with Gasteiger partial charge in [-0.15, -0.1) is 11.6 Å². The van der Waals surface area contributed by atoms with Crippen LogP contribution in [0.1, 0.15) is 26.3 Å². The molecular weight excluding hydrogens is 593 g/mol. The number of benzene rings is 4. The van der Waals surface area contributed by atoms with Gasteiger partial charge in [-0.1, -0.05) is 42.5 Å². The van der Waals surface area contributed by atoms with E-state index in [9.17, 15) is 4.79 Å². The van der Waals surface area contributed by atoms with Crippen molar-refractivity contribution in [1.29, 1.82) is 0 Å². The highest BCUT2D eigenvalue weighted by molar-refractivity contribution is 6.18. The Morgan fingerprint density at radius 2 is 1.78 bits per heavy atom. The van der Waals surface area contributed by atoms with Gasteiger partial charge in [0.15, 0.2) is 5.82 Å². The standard InChI is InChI=1S/C35H31ClFN5O3/c1-21-16-29-27(19-31(21)44-15-14-36)33(39-25-11-13-30-24(17-25)20-38-42(30)34(43)45-35(2,3)4)41-32(40-29)23-10-12-26(28(37)18-23)22-8-6-5-7-9-22/h5-13,16-20H,14-15H2,1-4H3,(H,39,40,41). The van der Waals surface area contributed by atoms with Crippen LogP contribution in [-0.2, 0) is 4.74 Å². The van der Waals surface area contributed by atoms with Gasteiger partial charge in [0, 0.05) is 27.6 Å². The predicted molar refractivity (Wildman–Crippen MR) is 176 cm³/mol. The fourth-order valence-electron chi connectivity index (χ4n) is 4.99. The third-order valence-corrected chi connectivity index (χ3v) is 7.19. The lowest BCUT2D eigenvalue weighted by Crippen LogP contribution is -2.27. The normalized spacial score (nSPS) is 11.6. The molecule has 0 amide bonds. The van der Waals surface area contributed by atoms with E-state index in [1.54, 1.807) is 39.1 Å². The summed E-state index contributed by atoms with van der Waals surface area (Å²) in [7, 11) is 0. The second-order valence-corrected chi connectivity index (χ2v) is 11.9. The first kappa shape index (κ1) is 30.0. The Hall–Kier alpha value is -5.02. The molecule has 8 nitrogen and oxygen atoms in total. The van der Waals surface area contributed by atoms with Gasteiger partial charge in [0.1, 0.15) is 29.6 Å². The Morgan fingerprint density at radius 3 is 2.51 bits per heavy atom. The summed E-state index contributed by atoms with van der Waals surface area (Å²) in [4.78, 5) is 22.3. The van der Waals surface area contributed by atoms with E-state index in [0.29, 0.717) is 63.1 Å². The molecule has 0 fully saturated rings. The van der Waals surface area contributed by atoms with Crippen LogP contribution in [0.25, 0.3) is 44.3 Å². The molecule has 0 atom stereocenters. The second-order valence-electron chi connectivity index (χ2n) is 11.6. The molecule has 0 spiro atoms. The number of aromatic nitrogens is 4. The summed E-state index contributed by atoms with van der Waals surface area (Å²) in [5, 5.41) is 9.08. The molecule has 0 aliphatic rings. The van der Waals surface area contributed by atoms with Crippen LogP contribution in [0.3, 0.4) is 0 Å². The number of ether oxygens (including phenoxy) is 2. The fourth-order valence-corrected chi connectivity index (χ4v) is 5.07. The number of nitrogens with zero attached hydrogens (tertiary/aromatic N) is 4. The summed E-state index contributed by atoms with van der Waals surface area (Å²) in [6.07, 6.45) is 1.04. The average Bonchev–Trinajstić information content (AvgIpc) is 3.43. The number of hydrogen-bond acceptors (Lipinski definition) is 7. The fraction of sp³-hybridized carbons (Fsp3) is 0.200. The van der Waals surface area contributed by atoms with Crippen LogP contribution in [0, 0.1) is 12.7 Å². The largest absolute Gasteiger partial charge is 0.492 e. The molecule has 1 N–H and O–H groups in total. The summed E-state index contributed by atoms with van der Waals surface area (Å²) < 4.78 is 28.0. The van der Waals surface area contributed by atoms with E-state index in [1.165, 1.54) is 10.7 Å². The van der Waals surface area contributed by atoms with Crippen LogP contribution in [0.5, 0.6) is 5.75 Å². The zero-order valence-corrected chi connectivity index (χ0v) is 26.0. The number of fused-ring (bicyclic) bond motifs is 2. The summed E-state index contributed by atoms with van der Waals surface area (Å²) >= 11 is 5.88. The molecule has 0 aliphatic heterocycles. The maximum absolute atomic E-state index is 15.4. The Balaban J connectivity index is 1.41. The van der Waals surface area contributed by atoms with Crippen LogP contribution in [0.2, 0.25) is 0 Å². The molecule has 0 saturated heterocycles. The molecule has 6 rings (SSSR count). The second kappa shape index (κ2) is 12.2. The first-order valence-corrected chi connectivity index (χ1v) is 15.0. The van der Waals surface area contributed by atoms with E-state index in [2.05, 4.69) is 10.4 Å². The zero-order valence-electron chi connectivity index (χ0n) is 25.3. The highest BCUT2D eigenvalue weighted by Crippen LogP contribution is 2.34. The van der Waals surface area contributed by atoms with Crippen molar-refractivity contribution in [1.82, 2.24) is 19.7 Å². The molecule has 0 saturated carbocycles.